The molecular weight excluding hydrogens is 202 g/mol. The summed E-state index contributed by atoms with van der Waals surface area (Å²) in [7, 11) is 1.96. The Morgan fingerprint density at radius 2 is 2.44 bits per heavy atom. The van der Waals surface area contributed by atoms with Crippen molar-refractivity contribution in [1.82, 2.24) is 15.3 Å². The van der Waals surface area contributed by atoms with Gasteiger partial charge in [-0.2, -0.15) is 0 Å². The van der Waals surface area contributed by atoms with Gasteiger partial charge in [-0.3, -0.25) is 0 Å². The van der Waals surface area contributed by atoms with E-state index in [-0.39, 0.29) is 6.04 Å². The zero-order valence-electron chi connectivity index (χ0n) is 9.66. The van der Waals surface area contributed by atoms with Crippen LogP contribution in [0.2, 0.25) is 0 Å². The summed E-state index contributed by atoms with van der Waals surface area (Å²) >= 11 is 0. The molecule has 0 aliphatic carbocycles. The smallest absolute Gasteiger partial charge is 0.108 e. The second kappa shape index (κ2) is 4.99. The molecule has 0 saturated carbocycles. The lowest BCUT2D eigenvalue weighted by molar-refractivity contribution is 0.493. The van der Waals surface area contributed by atoms with Gasteiger partial charge in [0.1, 0.15) is 11.6 Å². The summed E-state index contributed by atoms with van der Waals surface area (Å²) in [5.74, 6) is 2.04. The molecule has 2 heterocycles. The number of imidazole rings is 1. The SMILES string of the molecule is CCc1occc1C(Cc1ncc[nH]1)NC. The van der Waals surface area contributed by atoms with Crippen LogP contribution in [0.5, 0.6) is 0 Å². The number of nitrogens with one attached hydrogen (secondary N) is 2. The number of hydrogen-bond donors (Lipinski definition) is 2. The van der Waals surface area contributed by atoms with E-state index in [4.69, 9.17) is 4.42 Å². The second-order valence-corrected chi connectivity index (χ2v) is 3.73. The molecule has 2 aromatic heterocycles. The third kappa shape index (κ3) is 2.17. The van der Waals surface area contributed by atoms with E-state index in [9.17, 15) is 0 Å². The molecule has 0 radical (unpaired) electrons. The molecule has 2 aromatic rings. The number of furan rings is 1. The van der Waals surface area contributed by atoms with Gasteiger partial charge in [-0.1, -0.05) is 6.92 Å². The van der Waals surface area contributed by atoms with E-state index in [1.165, 1.54) is 5.56 Å². The van der Waals surface area contributed by atoms with Crippen LogP contribution >= 0.6 is 0 Å². The Kier molecular flexibility index (Phi) is 3.41. The molecule has 0 aliphatic heterocycles. The molecule has 16 heavy (non-hydrogen) atoms. The van der Waals surface area contributed by atoms with Gasteiger partial charge in [0.05, 0.1) is 6.26 Å². The highest BCUT2D eigenvalue weighted by Gasteiger charge is 2.16. The number of likely N-dealkylation sites (N-methyl/N-ethyl adjacent to an activating group) is 1. The third-order valence-corrected chi connectivity index (χ3v) is 2.78. The fourth-order valence-corrected chi connectivity index (χ4v) is 1.92. The van der Waals surface area contributed by atoms with Crippen molar-refractivity contribution in [3.63, 3.8) is 0 Å². The van der Waals surface area contributed by atoms with Crippen molar-refractivity contribution in [3.8, 4) is 0 Å². The van der Waals surface area contributed by atoms with Gasteiger partial charge in [-0.25, -0.2) is 4.98 Å². The minimum atomic E-state index is 0.250. The Labute approximate surface area is 95.1 Å². The topological polar surface area (TPSA) is 53.9 Å². The Hall–Kier alpha value is -1.55. The van der Waals surface area contributed by atoms with Crippen molar-refractivity contribution < 1.29 is 4.42 Å². The first kappa shape index (κ1) is 11.0. The maximum absolute atomic E-state index is 5.45. The summed E-state index contributed by atoms with van der Waals surface area (Å²) in [6, 6.07) is 2.28. The van der Waals surface area contributed by atoms with Crippen LogP contribution in [0, 0.1) is 0 Å². The molecule has 0 saturated heterocycles. The number of H-pyrrole nitrogens is 1. The van der Waals surface area contributed by atoms with E-state index in [1.54, 1.807) is 12.5 Å². The zero-order chi connectivity index (χ0) is 11.4. The van der Waals surface area contributed by atoms with Crippen molar-refractivity contribution in [3.05, 3.63) is 41.9 Å². The van der Waals surface area contributed by atoms with Gasteiger partial charge in [0.2, 0.25) is 0 Å². The highest BCUT2D eigenvalue weighted by atomic mass is 16.3. The predicted molar refractivity (Wildman–Crippen MR) is 62.2 cm³/mol. The summed E-state index contributed by atoms with van der Waals surface area (Å²) in [6.45, 7) is 2.10. The van der Waals surface area contributed by atoms with E-state index in [0.717, 1.165) is 24.4 Å². The van der Waals surface area contributed by atoms with Gasteiger partial charge in [0, 0.05) is 36.8 Å². The number of nitrogens with zero attached hydrogens (tertiary/aromatic N) is 1. The lowest BCUT2D eigenvalue weighted by Crippen LogP contribution is -2.20. The van der Waals surface area contributed by atoms with E-state index in [0.29, 0.717) is 0 Å². The standard InChI is InChI=1S/C12H17N3O/c1-3-11-9(4-7-16-11)10(13-2)8-12-14-5-6-15-12/h4-7,10,13H,3,8H2,1-2H3,(H,14,15). The molecule has 2 N–H and O–H groups in total. The zero-order valence-corrected chi connectivity index (χ0v) is 9.66. The van der Waals surface area contributed by atoms with Crippen molar-refractivity contribution in [2.24, 2.45) is 0 Å². The van der Waals surface area contributed by atoms with Crippen LogP contribution in [-0.4, -0.2) is 17.0 Å². The summed E-state index contributed by atoms with van der Waals surface area (Å²) in [5.41, 5.74) is 1.22. The predicted octanol–water partition coefficient (Wildman–Crippen LogP) is 2.07. The molecule has 0 bridgehead atoms. The quantitative estimate of drug-likeness (QED) is 0.809. The maximum atomic E-state index is 5.45. The molecule has 4 heteroatoms. The Morgan fingerprint density at radius 3 is 3.06 bits per heavy atom. The van der Waals surface area contributed by atoms with Crippen LogP contribution in [0.15, 0.2) is 29.1 Å². The monoisotopic (exact) mass is 219 g/mol. The summed E-state index contributed by atoms with van der Waals surface area (Å²) in [6.07, 6.45) is 7.13. The lowest BCUT2D eigenvalue weighted by Gasteiger charge is -2.14. The molecule has 2 rings (SSSR count). The third-order valence-electron chi connectivity index (χ3n) is 2.78. The highest BCUT2D eigenvalue weighted by molar-refractivity contribution is 5.22. The van der Waals surface area contributed by atoms with Gasteiger partial charge in [-0.15, -0.1) is 0 Å². The molecular formula is C12H17N3O. The fraction of sp³-hybridized carbons (Fsp3) is 0.417. The largest absolute Gasteiger partial charge is 0.469 e. The average Bonchev–Trinajstić information content (AvgIpc) is 2.96. The first-order chi connectivity index (χ1) is 7.85. The first-order valence-electron chi connectivity index (χ1n) is 5.57. The van der Waals surface area contributed by atoms with E-state index in [2.05, 4.69) is 22.2 Å². The van der Waals surface area contributed by atoms with Gasteiger partial charge < -0.3 is 14.7 Å². The Bertz CT molecular complexity index is 419. The second-order valence-electron chi connectivity index (χ2n) is 3.73. The van der Waals surface area contributed by atoms with E-state index in [1.807, 2.05) is 19.3 Å². The van der Waals surface area contributed by atoms with Crippen molar-refractivity contribution in [1.29, 1.82) is 0 Å². The summed E-state index contributed by atoms with van der Waals surface area (Å²) < 4.78 is 5.45. The molecule has 0 amide bonds. The molecule has 0 aromatic carbocycles. The average molecular weight is 219 g/mol. The van der Waals surface area contributed by atoms with Crippen LogP contribution in [0.4, 0.5) is 0 Å². The van der Waals surface area contributed by atoms with Gasteiger partial charge >= 0.3 is 0 Å². The Morgan fingerprint density at radius 1 is 1.56 bits per heavy atom. The lowest BCUT2D eigenvalue weighted by atomic mass is 10.0. The van der Waals surface area contributed by atoms with Crippen LogP contribution in [0.25, 0.3) is 0 Å². The molecule has 1 atom stereocenters. The van der Waals surface area contributed by atoms with Crippen LogP contribution in [-0.2, 0) is 12.8 Å². The van der Waals surface area contributed by atoms with E-state index >= 15 is 0 Å². The normalized spacial score (nSPS) is 12.9. The summed E-state index contributed by atoms with van der Waals surface area (Å²) in [4.78, 5) is 7.36. The number of rotatable bonds is 5. The highest BCUT2D eigenvalue weighted by Crippen LogP contribution is 2.22. The van der Waals surface area contributed by atoms with Gasteiger partial charge in [0.25, 0.3) is 0 Å². The van der Waals surface area contributed by atoms with Crippen molar-refractivity contribution in [2.75, 3.05) is 7.05 Å². The Balaban J connectivity index is 2.16. The van der Waals surface area contributed by atoms with Crippen LogP contribution < -0.4 is 5.32 Å². The number of aryl methyl sites for hydroxylation is 1. The molecule has 0 aliphatic rings. The van der Waals surface area contributed by atoms with Gasteiger partial charge in [0.15, 0.2) is 0 Å². The van der Waals surface area contributed by atoms with Crippen LogP contribution in [0.3, 0.4) is 0 Å². The first-order valence-corrected chi connectivity index (χ1v) is 5.57. The van der Waals surface area contributed by atoms with Gasteiger partial charge in [-0.05, 0) is 13.1 Å². The van der Waals surface area contributed by atoms with Crippen LogP contribution in [0.1, 0.15) is 30.1 Å². The molecule has 4 nitrogen and oxygen atoms in total. The number of hydrogen-bond acceptors (Lipinski definition) is 3. The minimum absolute atomic E-state index is 0.250. The number of aromatic nitrogens is 2. The molecule has 86 valence electrons. The molecule has 1 unspecified atom stereocenters. The van der Waals surface area contributed by atoms with Crippen molar-refractivity contribution >= 4 is 0 Å². The minimum Gasteiger partial charge on any atom is -0.469 e. The molecule has 0 fully saturated rings. The fourth-order valence-electron chi connectivity index (χ4n) is 1.92. The number of aromatic amines is 1. The van der Waals surface area contributed by atoms with E-state index < -0.39 is 0 Å². The van der Waals surface area contributed by atoms with Crippen molar-refractivity contribution in [2.45, 2.75) is 25.8 Å². The maximum Gasteiger partial charge on any atom is 0.108 e. The summed E-state index contributed by atoms with van der Waals surface area (Å²) in [5, 5.41) is 3.30. The molecule has 0 spiro atoms.